The Labute approximate surface area is 360 Å². The molecule has 6 rings (SSSR count). The second-order valence-electron chi connectivity index (χ2n) is 14.6. The molecule has 14 heteroatoms. The topological polar surface area (TPSA) is 192 Å². The molecule has 0 N–H and O–H groups in total. The van der Waals surface area contributed by atoms with Gasteiger partial charge < -0.3 is 28.4 Å². The van der Waals surface area contributed by atoms with E-state index in [4.69, 9.17) is 47.6 Å². The summed E-state index contributed by atoms with van der Waals surface area (Å²) in [4.78, 5) is 83.0. The summed E-state index contributed by atoms with van der Waals surface area (Å²) in [5, 5.41) is 0. The standard InChI is InChI=1S/2C23H26O5.2CO2/c2*1-4-18-23(3,5-2)19(27-20(24)16-12-8-6-9-13-16)22(26-18)28-21(25)17-14-10-7-11-15-17;2*2-1-3/h2*6-15,18-19,22H,4-5H2,1-3H3;;/t2*18?,19-,22?,23-;;/m10../s1. The largest absolute Gasteiger partial charge is 0.451 e. The van der Waals surface area contributed by atoms with Crippen molar-refractivity contribution in [3.8, 4) is 0 Å². The Hall–Kier alpha value is -6.56. The van der Waals surface area contributed by atoms with Gasteiger partial charge in [-0.25, -0.2) is 19.2 Å². The molecule has 2 fully saturated rings. The molecule has 14 nitrogen and oxygen atoms in total. The Bertz CT molecular complexity index is 1930. The van der Waals surface area contributed by atoms with Crippen molar-refractivity contribution in [3.63, 3.8) is 0 Å². The minimum Gasteiger partial charge on any atom is -0.451 e. The lowest BCUT2D eigenvalue weighted by atomic mass is 9.77. The second kappa shape index (κ2) is 24.6. The molecule has 4 aromatic carbocycles. The van der Waals surface area contributed by atoms with Gasteiger partial charge in [0.15, 0.2) is 12.2 Å². The number of hydrogen-bond acceptors (Lipinski definition) is 14. The van der Waals surface area contributed by atoms with Gasteiger partial charge in [-0.3, -0.25) is 0 Å². The smallest absolute Gasteiger partial charge is 0.373 e. The van der Waals surface area contributed by atoms with Crippen molar-refractivity contribution in [1.29, 1.82) is 0 Å². The zero-order chi connectivity index (χ0) is 45.7. The van der Waals surface area contributed by atoms with Crippen LogP contribution in [0.2, 0.25) is 0 Å². The van der Waals surface area contributed by atoms with Crippen LogP contribution >= 0.6 is 0 Å². The van der Waals surface area contributed by atoms with Crippen LogP contribution in [0.25, 0.3) is 0 Å². The molecule has 2 aliphatic rings. The molecular weight excluding hydrogens is 801 g/mol. The molecule has 62 heavy (non-hydrogen) atoms. The van der Waals surface area contributed by atoms with Crippen LogP contribution in [-0.4, -0.2) is 73.2 Å². The normalized spacial score (nSPS) is 24.3. The number of carbonyl (C=O) groups is 4. The maximum Gasteiger partial charge on any atom is 0.373 e. The summed E-state index contributed by atoms with van der Waals surface area (Å²) in [6, 6.07) is 35.0. The first-order valence-electron chi connectivity index (χ1n) is 20.2. The third kappa shape index (κ3) is 12.7. The molecule has 8 atom stereocenters. The SMILES string of the molecule is CCC1OC(OC(=O)c2ccccc2)[C@@H](OC(=O)c2ccccc2)[C@]1(C)CC.CCC1OC(OC(=O)c2ccccc2)[C@H](OC(=O)c2ccccc2)[C@@]1(C)CC.O=C=O.O=C=O. The fourth-order valence-electron chi connectivity index (χ4n) is 7.32. The van der Waals surface area contributed by atoms with Gasteiger partial charge in [0.05, 0.1) is 34.5 Å². The van der Waals surface area contributed by atoms with Crippen LogP contribution in [0.5, 0.6) is 0 Å². The van der Waals surface area contributed by atoms with E-state index in [-0.39, 0.29) is 24.5 Å². The average molecular weight is 853 g/mol. The van der Waals surface area contributed by atoms with Crippen LogP contribution < -0.4 is 0 Å². The van der Waals surface area contributed by atoms with Gasteiger partial charge in [-0.15, -0.1) is 0 Å². The van der Waals surface area contributed by atoms with Crippen molar-refractivity contribution in [3.05, 3.63) is 144 Å². The zero-order valence-electron chi connectivity index (χ0n) is 35.6. The molecule has 0 spiro atoms. The van der Waals surface area contributed by atoms with E-state index in [0.717, 1.165) is 25.7 Å². The predicted molar refractivity (Wildman–Crippen MR) is 220 cm³/mol. The van der Waals surface area contributed by atoms with E-state index >= 15 is 0 Å². The predicted octanol–water partition coefficient (Wildman–Crippen LogP) is 8.07. The first-order valence-corrected chi connectivity index (χ1v) is 20.2. The number of ether oxygens (including phenoxy) is 6. The van der Waals surface area contributed by atoms with Crippen molar-refractivity contribution < 1.29 is 66.8 Å². The number of hydrogen-bond donors (Lipinski definition) is 0. The number of benzene rings is 4. The summed E-state index contributed by atoms with van der Waals surface area (Å²) in [5.41, 5.74) is 0.847. The molecule has 0 radical (unpaired) electrons. The molecule has 0 saturated carbocycles. The lowest BCUT2D eigenvalue weighted by molar-refractivity contribution is -0.193. The molecular formula is C48H52O14. The van der Waals surface area contributed by atoms with Gasteiger partial charge in [-0.1, -0.05) is 114 Å². The van der Waals surface area contributed by atoms with Crippen molar-refractivity contribution in [2.75, 3.05) is 0 Å². The van der Waals surface area contributed by atoms with E-state index in [9.17, 15) is 19.2 Å². The molecule has 4 unspecified atom stereocenters. The van der Waals surface area contributed by atoms with Crippen LogP contribution in [0.4, 0.5) is 0 Å². The maximum absolute atomic E-state index is 12.7. The Kier molecular flexibility index (Phi) is 19.8. The molecule has 2 saturated heterocycles. The van der Waals surface area contributed by atoms with Crippen LogP contribution in [0.1, 0.15) is 109 Å². The van der Waals surface area contributed by atoms with E-state index < -0.39 is 59.5 Å². The third-order valence-corrected chi connectivity index (χ3v) is 11.1. The Morgan fingerprint density at radius 3 is 0.887 bits per heavy atom. The van der Waals surface area contributed by atoms with Crippen LogP contribution in [0.3, 0.4) is 0 Å². The molecule has 2 heterocycles. The molecule has 0 aliphatic carbocycles. The van der Waals surface area contributed by atoms with Crippen molar-refractivity contribution in [1.82, 2.24) is 0 Å². The van der Waals surface area contributed by atoms with Crippen molar-refractivity contribution in [2.45, 2.75) is 104 Å². The highest BCUT2D eigenvalue weighted by atomic mass is 16.7. The minimum absolute atomic E-state index is 0.181. The van der Waals surface area contributed by atoms with Gasteiger partial charge in [0.2, 0.25) is 12.6 Å². The molecule has 0 aromatic heterocycles. The van der Waals surface area contributed by atoms with Crippen LogP contribution in [-0.2, 0) is 47.6 Å². The summed E-state index contributed by atoms with van der Waals surface area (Å²) >= 11 is 0. The highest BCUT2D eigenvalue weighted by Gasteiger charge is 2.57. The highest BCUT2D eigenvalue weighted by Crippen LogP contribution is 2.46. The van der Waals surface area contributed by atoms with E-state index in [1.807, 2.05) is 65.8 Å². The fourth-order valence-corrected chi connectivity index (χ4v) is 7.32. The Morgan fingerprint density at radius 2 is 0.677 bits per heavy atom. The molecule has 0 amide bonds. The van der Waals surface area contributed by atoms with Gasteiger partial charge in [0.25, 0.3) is 0 Å². The maximum atomic E-state index is 12.7. The lowest BCUT2D eigenvalue weighted by Crippen LogP contribution is -2.42. The summed E-state index contributed by atoms with van der Waals surface area (Å²) in [5.74, 6) is -1.90. The van der Waals surface area contributed by atoms with Crippen LogP contribution in [0, 0.1) is 10.8 Å². The molecule has 4 aromatic rings. The van der Waals surface area contributed by atoms with E-state index in [0.29, 0.717) is 22.3 Å². The molecule has 2 aliphatic heterocycles. The monoisotopic (exact) mass is 852 g/mol. The Morgan fingerprint density at radius 1 is 0.452 bits per heavy atom. The number of esters is 4. The zero-order valence-corrected chi connectivity index (χ0v) is 35.6. The second-order valence-corrected chi connectivity index (χ2v) is 14.6. The van der Waals surface area contributed by atoms with E-state index in [2.05, 4.69) is 0 Å². The summed E-state index contributed by atoms with van der Waals surface area (Å²) < 4.78 is 35.0. The van der Waals surface area contributed by atoms with Gasteiger partial charge in [0, 0.05) is 10.8 Å². The van der Waals surface area contributed by atoms with Crippen LogP contribution in [0.15, 0.2) is 121 Å². The van der Waals surface area contributed by atoms with Gasteiger partial charge >= 0.3 is 36.2 Å². The Balaban J connectivity index is 0.000000293. The molecule has 328 valence electrons. The van der Waals surface area contributed by atoms with Crippen molar-refractivity contribution in [2.24, 2.45) is 10.8 Å². The number of rotatable bonds is 12. The quantitative estimate of drug-likeness (QED) is 0.0981. The first kappa shape index (κ1) is 49.8. The van der Waals surface area contributed by atoms with E-state index in [1.54, 1.807) is 97.1 Å². The lowest BCUT2D eigenvalue weighted by Gasteiger charge is -2.33. The first-order chi connectivity index (χ1) is 29.8. The van der Waals surface area contributed by atoms with Gasteiger partial charge in [-0.05, 0) is 74.2 Å². The molecule has 0 bridgehead atoms. The van der Waals surface area contributed by atoms with E-state index in [1.165, 1.54) is 0 Å². The summed E-state index contributed by atoms with van der Waals surface area (Å²) in [6.45, 7) is 12.1. The summed E-state index contributed by atoms with van der Waals surface area (Å²) in [6.07, 6.45) is -0.253. The summed E-state index contributed by atoms with van der Waals surface area (Å²) in [7, 11) is 0. The average Bonchev–Trinajstić information content (AvgIpc) is 3.72. The highest BCUT2D eigenvalue weighted by molar-refractivity contribution is 5.91. The van der Waals surface area contributed by atoms with Gasteiger partial charge in [0.1, 0.15) is 0 Å². The van der Waals surface area contributed by atoms with Crippen molar-refractivity contribution >= 4 is 36.2 Å². The number of carbonyl (C=O) groups excluding carboxylic acids is 8. The third-order valence-electron chi connectivity index (χ3n) is 11.1. The fraction of sp³-hybridized carbons (Fsp3) is 0.375. The minimum atomic E-state index is -0.949. The van der Waals surface area contributed by atoms with Gasteiger partial charge in [-0.2, -0.15) is 19.2 Å².